The first-order valence-electron chi connectivity index (χ1n) is 5.00. The molecule has 5 nitrogen and oxygen atoms in total. The summed E-state index contributed by atoms with van der Waals surface area (Å²) in [5.74, 6) is -0.239. The third-order valence-electron chi connectivity index (χ3n) is 2.39. The number of rotatable bonds is 3. The van der Waals surface area contributed by atoms with Crippen LogP contribution < -0.4 is 5.32 Å². The number of hydrogen-bond donors (Lipinski definition) is 2. The number of nitrogens with zero attached hydrogens (tertiary/aromatic N) is 1. The van der Waals surface area contributed by atoms with Crippen LogP contribution >= 0.6 is 0 Å². The van der Waals surface area contributed by atoms with Gasteiger partial charge in [0.05, 0.1) is 5.60 Å². The molecular formula is C10H18N2O3. The third-order valence-corrected chi connectivity index (χ3v) is 2.39. The monoisotopic (exact) mass is 214 g/mol. The minimum absolute atomic E-state index is 0.239. The van der Waals surface area contributed by atoms with Crippen molar-refractivity contribution >= 4 is 11.9 Å². The Morgan fingerprint density at radius 1 is 1.40 bits per heavy atom. The summed E-state index contributed by atoms with van der Waals surface area (Å²) in [6, 6.07) is -0.380. The molecule has 1 rings (SSSR count). The highest BCUT2D eigenvalue weighted by Gasteiger charge is 2.44. The van der Waals surface area contributed by atoms with E-state index in [0.29, 0.717) is 6.42 Å². The van der Waals surface area contributed by atoms with Gasteiger partial charge in [-0.15, -0.1) is 0 Å². The van der Waals surface area contributed by atoms with Crippen LogP contribution in [-0.2, 0) is 4.79 Å². The van der Waals surface area contributed by atoms with Crippen molar-refractivity contribution in [3.05, 3.63) is 0 Å². The molecule has 1 aliphatic rings. The zero-order chi connectivity index (χ0) is 11.9. The summed E-state index contributed by atoms with van der Waals surface area (Å²) in [5.41, 5.74) is -1.69. The zero-order valence-corrected chi connectivity index (χ0v) is 9.63. The van der Waals surface area contributed by atoms with Crippen molar-refractivity contribution in [3.8, 4) is 0 Å². The van der Waals surface area contributed by atoms with Crippen molar-refractivity contribution in [2.24, 2.45) is 0 Å². The van der Waals surface area contributed by atoms with Gasteiger partial charge in [0.2, 0.25) is 0 Å². The number of nitrogens with one attached hydrogen (secondary N) is 1. The molecule has 86 valence electrons. The largest absolute Gasteiger partial charge is 0.390 e. The number of aliphatic hydroxyl groups is 1. The molecule has 0 radical (unpaired) electrons. The first-order chi connectivity index (χ1) is 6.63. The molecule has 0 aromatic rings. The lowest BCUT2D eigenvalue weighted by Crippen LogP contribution is -2.41. The van der Waals surface area contributed by atoms with Crippen LogP contribution in [-0.4, -0.2) is 39.6 Å². The summed E-state index contributed by atoms with van der Waals surface area (Å²) >= 11 is 0. The second-order valence-electron chi connectivity index (χ2n) is 5.07. The van der Waals surface area contributed by atoms with E-state index in [1.807, 2.05) is 0 Å². The lowest BCUT2D eigenvalue weighted by Gasteiger charge is -2.21. The minimum atomic E-state index is -0.868. The highest BCUT2D eigenvalue weighted by molar-refractivity contribution is 6.06. The molecule has 3 amide bonds. The van der Waals surface area contributed by atoms with E-state index in [0.717, 1.165) is 4.90 Å². The van der Waals surface area contributed by atoms with Gasteiger partial charge >= 0.3 is 6.03 Å². The average molecular weight is 214 g/mol. The van der Waals surface area contributed by atoms with Crippen molar-refractivity contribution in [2.45, 2.75) is 45.3 Å². The molecule has 0 aromatic heterocycles. The maximum atomic E-state index is 11.7. The standard InChI is InChI=1S/C10H18N2O3/c1-9(2,15)5-6-12-7(13)10(3,4)11-8(12)14/h15H,5-6H2,1-4H3,(H,11,14). The van der Waals surface area contributed by atoms with E-state index < -0.39 is 11.1 Å². The van der Waals surface area contributed by atoms with Crippen LogP contribution in [0.1, 0.15) is 34.1 Å². The zero-order valence-electron chi connectivity index (χ0n) is 9.63. The summed E-state index contributed by atoms with van der Waals surface area (Å²) in [5, 5.41) is 12.1. The molecule has 0 saturated carbocycles. The highest BCUT2D eigenvalue weighted by Crippen LogP contribution is 2.18. The van der Waals surface area contributed by atoms with Gasteiger partial charge in [-0.3, -0.25) is 9.69 Å². The Hall–Kier alpha value is -1.10. The molecule has 0 atom stereocenters. The maximum absolute atomic E-state index is 11.7. The fraction of sp³-hybridized carbons (Fsp3) is 0.800. The van der Waals surface area contributed by atoms with Crippen LogP contribution in [0.2, 0.25) is 0 Å². The fourth-order valence-electron chi connectivity index (χ4n) is 1.41. The summed E-state index contributed by atoms with van der Waals surface area (Å²) in [4.78, 5) is 24.3. The number of imide groups is 1. The van der Waals surface area contributed by atoms with Gasteiger partial charge in [0.1, 0.15) is 5.54 Å². The van der Waals surface area contributed by atoms with Crippen molar-refractivity contribution in [3.63, 3.8) is 0 Å². The van der Waals surface area contributed by atoms with E-state index >= 15 is 0 Å². The van der Waals surface area contributed by atoms with E-state index in [4.69, 9.17) is 0 Å². The van der Waals surface area contributed by atoms with E-state index in [9.17, 15) is 14.7 Å². The Morgan fingerprint density at radius 2 is 1.93 bits per heavy atom. The minimum Gasteiger partial charge on any atom is -0.390 e. The lowest BCUT2D eigenvalue weighted by atomic mass is 10.0. The van der Waals surface area contributed by atoms with Crippen LogP contribution in [0, 0.1) is 0 Å². The average Bonchev–Trinajstić information content (AvgIpc) is 2.18. The van der Waals surface area contributed by atoms with Gasteiger partial charge in [0, 0.05) is 6.54 Å². The molecule has 1 saturated heterocycles. The van der Waals surface area contributed by atoms with E-state index in [2.05, 4.69) is 5.32 Å². The van der Waals surface area contributed by atoms with Crippen LogP contribution in [0.15, 0.2) is 0 Å². The molecule has 15 heavy (non-hydrogen) atoms. The SMILES string of the molecule is CC(C)(O)CCN1C(=O)NC(C)(C)C1=O. The van der Waals surface area contributed by atoms with Gasteiger partial charge in [-0.05, 0) is 34.1 Å². The Labute approximate surface area is 89.4 Å². The summed E-state index contributed by atoms with van der Waals surface area (Å²) < 4.78 is 0. The molecule has 1 aliphatic heterocycles. The topological polar surface area (TPSA) is 69.6 Å². The second kappa shape index (κ2) is 3.48. The summed E-state index contributed by atoms with van der Waals surface area (Å²) in [6.07, 6.45) is 0.377. The van der Waals surface area contributed by atoms with Crippen molar-refractivity contribution in [1.82, 2.24) is 10.2 Å². The van der Waals surface area contributed by atoms with Crippen LogP contribution in [0.4, 0.5) is 4.79 Å². The van der Waals surface area contributed by atoms with E-state index in [1.165, 1.54) is 0 Å². The van der Waals surface area contributed by atoms with Gasteiger partial charge in [-0.1, -0.05) is 0 Å². The van der Waals surface area contributed by atoms with Gasteiger partial charge in [0.25, 0.3) is 5.91 Å². The normalized spacial score (nSPS) is 20.7. The van der Waals surface area contributed by atoms with Gasteiger partial charge in [-0.25, -0.2) is 4.79 Å². The number of amides is 3. The number of urea groups is 1. The third kappa shape index (κ3) is 2.68. The molecule has 0 bridgehead atoms. The smallest absolute Gasteiger partial charge is 0.325 e. The van der Waals surface area contributed by atoms with Gasteiger partial charge in [-0.2, -0.15) is 0 Å². The van der Waals surface area contributed by atoms with Crippen molar-refractivity contribution in [2.75, 3.05) is 6.54 Å². The van der Waals surface area contributed by atoms with Crippen LogP contribution in [0.25, 0.3) is 0 Å². The van der Waals surface area contributed by atoms with Gasteiger partial charge in [0.15, 0.2) is 0 Å². The maximum Gasteiger partial charge on any atom is 0.325 e. The lowest BCUT2D eigenvalue weighted by molar-refractivity contribution is -0.130. The molecule has 1 fully saturated rings. The molecule has 0 spiro atoms. The molecule has 0 aliphatic carbocycles. The molecule has 1 heterocycles. The fourth-order valence-corrected chi connectivity index (χ4v) is 1.41. The highest BCUT2D eigenvalue weighted by atomic mass is 16.3. The summed E-state index contributed by atoms with van der Waals surface area (Å²) in [6.45, 7) is 6.87. The summed E-state index contributed by atoms with van der Waals surface area (Å²) in [7, 11) is 0. The number of hydrogen-bond acceptors (Lipinski definition) is 3. The van der Waals surface area contributed by atoms with Gasteiger partial charge < -0.3 is 10.4 Å². The molecule has 0 aromatic carbocycles. The predicted molar refractivity (Wildman–Crippen MR) is 55.2 cm³/mol. The first-order valence-corrected chi connectivity index (χ1v) is 5.00. The Balaban J connectivity index is 2.64. The Bertz CT molecular complexity index is 292. The molecular weight excluding hydrogens is 196 g/mol. The molecule has 5 heteroatoms. The van der Waals surface area contributed by atoms with E-state index in [-0.39, 0.29) is 18.5 Å². The Kier molecular flexibility index (Phi) is 2.78. The number of carbonyl (C=O) groups is 2. The quantitative estimate of drug-likeness (QED) is 0.671. The molecule has 0 unspecified atom stereocenters. The Morgan fingerprint density at radius 3 is 2.27 bits per heavy atom. The predicted octanol–water partition coefficient (Wildman–Crippen LogP) is 0.478. The number of carbonyl (C=O) groups excluding carboxylic acids is 2. The first kappa shape index (κ1) is 12.0. The van der Waals surface area contributed by atoms with Crippen LogP contribution in [0.5, 0.6) is 0 Å². The van der Waals surface area contributed by atoms with E-state index in [1.54, 1.807) is 27.7 Å². The van der Waals surface area contributed by atoms with Crippen molar-refractivity contribution < 1.29 is 14.7 Å². The van der Waals surface area contributed by atoms with Crippen LogP contribution in [0.3, 0.4) is 0 Å². The van der Waals surface area contributed by atoms with Crippen molar-refractivity contribution in [1.29, 1.82) is 0 Å². The second-order valence-corrected chi connectivity index (χ2v) is 5.07. The molecule has 2 N–H and O–H groups in total.